The van der Waals surface area contributed by atoms with Crippen LogP contribution in [-0.2, 0) is 4.79 Å². The Morgan fingerprint density at radius 3 is 2.00 bits per heavy atom. The molecule has 0 saturated carbocycles. The van der Waals surface area contributed by atoms with E-state index in [4.69, 9.17) is 9.47 Å². The average molecular weight is 347 g/mol. The van der Waals surface area contributed by atoms with Gasteiger partial charge in [-0.25, -0.2) is 0 Å². The second-order valence-electron chi connectivity index (χ2n) is 5.88. The van der Waals surface area contributed by atoms with E-state index in [0.717, 1.165) is 11.3 Å². The number of carbonyl (C=O) groups is 1. The monoisotopic (exact) mass is 347 g/mol. The predicted molar refractivity (Wildman–Crippen MR) is 101 cm³/mol. The zero-order valence-corrected chi connectivity index (χ0v) is 14.6. The molecule has 1 amide bonds. The lowest BCUT2D eigenvalue weighted by molar-refractivity contribution is -0.123. The molecule has 3 aromatic rings. The van der Waals surface area contributed by atoms with Crippen LogP contribution in [0.25, 0.3) is 0 Å². The minimum Gasteiger partial charge on any atom is -0.484 e. The summed E-state index contributed by atoms with van der Waals surface area (Å²) in [4.78, 5) is 12.0. The van der Waals surface area contributed by atoms with Gasteiger partial charge in [0, 0.05) is 0 Å². The van der Waals surface area contributed by atoms with E-state index in [1.165, 1.54) is 0 Å². The smallest absolute Gasteiger partial charge is 0.258 e. The van der Waals surface area contributed by atoms with E-state index in [2.05, 4.69) is 5.32 Å². The van der Waals surface area contributed by atoms with Crippen LogP contribution in [0.4, 0.5) is 0 Å². The highest BCUT2D eigenvalue weighted by Gasteiger charge is 2.09. The second kappa shape index (κ2) is 8.72. The largest absolute Gasteiger partial charge is 0.484 e. The Balaban J connectivity index is 1.48. The first-order valence-corrected chi connectivity index (χ1v) is 8.51. The van der Waals surface area contributed by atoms with Crippen molar-refractivity contribution < 1.29 is 14.3 Å². The van der Waals surface area contributed by atoms with E-state index in [-0.39, 0.29) is 18.6 Å². The van der Waals surface area contributed by atoms with Gasteiger partial charge in [0.25, 0.3) is 5.91 Å². The maximum atomic E-state index is 12.0. The van der Waals surface area contributed by atoms with Crippen LogP contribution in [0.5, 0.6) is 17.2 Å². The molecule has 3 aromatic carbocycles. The van der Waals surface area contributed by atoms with Crippen LogP contribution in [0.1, 0.15) is 18.5 Å². The van der Waals surface area contributed by atoms with Crippen molar-refractivity contribution >= 4 is 5.91 Å². The van der Waals surface area contributed by atoms with Crippen molar-refractivity contribution in [3.63, 3.8) is 0 Å². The molecule has 4 heteroatoms. The van der Waals surface area contributed by atoms with Crippen LogP contribution in [0.15, 0.2) is 84.9 Å². The van der Waals surface area contributed by atoms with Gasteiger partial charge in [0.05, 0.1) is 6.04 Å². The Labute approximate surface area is 153 Å². The van der Waals surface area contributed by atoms with Crippen molar-refractivity contribution in [3.05, 3.63) is 90.5 Å². The van der Waals surface area contributed by atoms with Crippen molar-refractivity contribution in [1.82, 2.24) is 5.32 Å². The fourth-order valence-electron chi connectivity index (χ4n) is 2.49. The quantitative estimate of drug-likeness (QED) is 0.672. The number of para-hydroxylation sites is 1. The molecular formula is C22H21NO3. The third-order valence-corrected chi connectivity index (χ3v) is 3.85. The van der Waals surface area contributed by atoms with Crippen LogP contribution in [-0.4, -0.2) is 12.5 Å². The fourth-order valence-corrected chi connectivity index (χ4v) is 2.49. The van der Waals surface area contributed by atoms with Gasteiger partial charge in [0.15, 0.2) is 6.61 Å². The maximum Gasteiger partial charge on any atom is 0.258 e. The lowest BCUT2D eigenvalue weighted by atomic mass is 10.1. The Kier molecular flexibility index (Phi) is 5.88. The molecule has 0 fully saturated rings. The summed E-state index contributed by atoms with van der Waals surface area (Å²) >= 11 is 0. The highest BCUT2D eigenvalue weighted by atomic mass is 16.5. The molecule has 4 nitrogen and oxygen atoms in total. The summed E-state index contributed by atoms with van der Waals surface area (Å²) < 4.78 is 11.3. The molecule has 0 saturated heterocycles. The lowest BCUT2D eigenvalue weighted by Crippen LogP contribution is -2.31. The van der Waals surface area contributed by atoms with E-state index >= 15 is 0 Å². The minimum atomic E-state index is -0.161. The molecule has 1 unspecified atom stereocenters. The molecular weight excluding hydrogens is 326 g/mol. The lowest BCUT2D eigenvalue weighted by Gasteiger charge is -2.14. The number of nitrogens with one attached hydrogen (secondary N) is 1. The van der Waals surface area contributed by atoms with Crippen molar-refractivity contribution in [2.24, 2.45) is 0 Å². The van der Waals surface area contributed by atoms with E-state index in [1.54, 1.807) is 12.1 Å². The van der Waals surface area contributed by atoms with Crippen molar-refractivity contribution in [3.8, 4) is 17.2 Å². The number of hydrogen-bond acceptors (Lipinski definition) is 3. The van der Waals surface area contributed by atoms with Gasteiger partial charge in [-0.15, -0.1) is 0 Å². The number of rotatable bonds is 7. The van der Waals surface area contributed by atoms with E-state index in [0.29, 0.717) is 11.5 Å². The molecule has 0 bridgehead atoms. The topological polar surface area (TPSA) is 47.6 Å². The summed E-state index contributed by atoms with van der Waals surface area (Å²) in [6, 6.07) is 26.5. The molecule has 3 rings (SSSR count). The van der Waals surface area contributed by atoms with Crippen LogP contribution in [0.3, 0.4) is 0 Å². The normalized spacial score (nSPS) is 11.4. The molecule has 1 N–H and O–H groups in total. The van der Waals surface area contributed by atoms with E-state index in [9.17, 15) is 4.79 Å². The van der Waals surface area contributed by atoms with E-state index < -0.39 is 0 Å². The van der Waals surface area contributed by atoms with Gasteiger partial charge >= 0.3 is 0 Å². The Bertz CT molecular complexity index is 817. The number of amides is 1. The van der Waals surface area contributed by atoms with Crippen LogP contribution in [0.2, 0.25) is 0 Å². The third-order valence-electron chi connectivity index (χ3n) is 3.85. The summed E-state index contributed by atoms with van der Waals surface area (Å²) in [7, 11) is 0. The first-order valence-electron chi connectivity index (χ1n) is 8.51. The first kappa shape index (κ1) is 17.5. The Hall–Kier alpha value is -3.27. The molecule has 0 aliphatic rings. The van der Waals surface area contributed by atoms with Crippen molar-refractivity contribution in [1.29, 1.82) is 0 Å². The summed E-state index contributed by atoms with van der Waals surface area (Å²) in [5, 5.41) is 2.92. The van der Waals surface area contributed by atoms with Crippen molar-refractivity contribution in [2.45, 2.75) is 13.0 Å². The number of carbonyl (C=O) groups excluding carboxylic acids is 1. The summed E-state index contributed by atoms with van der Waals surface area (Å²) in [6.45, 7) is 1.92. The van der Waals surface area contributed by atoms with E-state index in [1.807, 2.05) is 79.7 Å². The summed E-state index contributed by atoms with van der Waals surface area (Å²) in [6.07, 6.45) is 0. The zero-order valence-electron chi connectivity index (χ0n) is 14.6. The summed E-state index contributed by atoms with van der Waals surface area (Å²) in [5.41, 5.74) is 1.06. The first-order chi connectivity index (χ1) is 12.7. The van der Waals surface area contributed by atoms with Gasteiger partial charge in [0.1, 0.15) is 17.2 Å². The molecule has 0 aliphatic heterocycles. The van der Waals surface area contributed by atoms with Gasteiger partial charge in [-0.1, -0.05) is 48.5 Å². The minimum absolute atomic E-state index is 0.0317. The third kappa shape index (κ3) is 5.11. The molecule has 26 heavy (non-hydrogen) atoms. The molecule has 0 aromatic heterocycles. The molecule has 0 radical (unpaired) electrons. The molecule has 0 aliphatic carbocycles. The van der Waals surface area contributed by atoms with Gasteiger partial charge in [-0.3, -0.25) is 4.79 Å². The SMILES string of the molecule is CC(NC(=O)COc1ccc(Oc2ccccc2)cc1)c1ccccc1. The fraction of sp³-hybridized carbons (Fsp3) is 0.136. The Morgan fingerprint density at radius 2 is 1.35 bits per heavy atom. The van der Waals surface area contributed by atoms with Crippen molar-refractivity contribution in [2.75, 3.05) is 6.61 Å². The maximum absolute atomic E-state index is 12.0. The van der Waals surface area contributed by atoms with Crippen LogP contribution < -0.4 is 14.8 Å². The number of hydrogen-bond donors (Lipinski definition) is 1. The average Bonchev–Trinajstić information content (AvgIpc) is 2.69. The highest BCUT2D eigenvalue weighted by molar-refractivity contribution is 5.78. The van der Waals surface area contributed by atoms with Crippen LogP contribution >= 0.6 is 0 Å². The second-order valence-corrected chi connectivity index (χ2v) is 5.88. The summed E-state index contributed by atoms with van der Waals surface area (Å²) in [5.74, 6) is 1.94. The molecule has 0 heterocycles. The van der Waals surface area contributed by atoms with Gasteiger partial charge in [-0.05, 0) is 48.9 Å². The van der Waals surface area contributed by atoms with Crippen LogP contribution in [0, 0.1) is 0 Å². The highest BCUT2D eigenvalue weighted by Crippen LogP contribution is 2.23. The number of benzene rings is 3. The van der Waals surface area contributed by atoms with Gasteiger partial charge < -0.3 is 14.8 Å². The standard InChI is InChI=1S/C22H21NO3/c1-17(18-8-4-2-5-9-18)23-22(24)16-25-19-12-14-21(15-13-19)26-20-10-6-3-7-11-20/h2-15,17H,16H2,1H3,(H,23,24). The Morgan fingerprint density at radius 1 is 0.808 bits per heavy atom. The molecule has 1 atom stereocenters. The van der Waals surface area contributed by atoms with Gasteiger partial charge in [0.2, 0.25) is 0 Å². The number of ether oxygens (including phenoxy) is 2. The molecule has 0 spiro atoms. The van der Waals surface area contributed by atoms with Gasteiger partial charge in [-0.2, -0.15) is 0 Å². The predicted octanol–water partition coefficient (Wildman–Crippen LogP) is 4.74. The zero-order chi connectivity index (χ0) is 18.2. The molecule has 132 valence electrons.